The van der Waals surface area contributed by atoms with E-state index in [4.69, 9.17) is 9.47 Å². The highest BCUT2D eigenvalue weighted by molar-refractivity contribution is 5.87. The fourth-order valence-electron chi connectivity index (χ4n) is 4.30. The number of nitrogens with zero attached hydrogens (tertiary/aromatic N) is 1. The second-order valence-electron chi connectivity index (χ2n) is 8.69. The van der Waals surface area contributed by atoms with E-state index < -0.39 is 6.04 Å². The fourth-order valence-corrected chi connectivity index (χ4v) is 4.30. The summed E-state index contributed by atoms with van der Waals surface area (Å²) in [6.45, 7) is 2.55. The van der Waals surface area contributed by atoms with Crippen molar-refractivity contribution in [2.24, 2.45) is 0 Å². The van der Waals surface area contributed by atoms with E-state index in [1.807, 2.05) is 31.2 Å². The van der Waals surface area contributed by atoms with Crippen molar-refractivity contribution >= 4 is 11.8 Å². The van der Waals surface area contributed by atoms with E-state index >= 15 is 0 Å². The third-order valence-corrected chi connectivity index (χ3v) is 6.22. The van der Waals surface area contributed by atoms with E-state index in [1.54, 1.807) is 24.1 Å². The summed E-state index contributed by atoms with van der Waals surface area (Å²) in [4.78, 5) is 28.0. The van der Waals surface area contributed by atoms with Crippen molar-refractivity contribution in [2.75, 3.05) is 13.7 Å². The molecule has 0 unspecified atom stereocenters. The minimum Gasteiger partial charge on any atom is -0.497 e. The van der Waals surface area contributed by atoms with Gasteiger partial charge in [0.05, 0.1) is 13.7 Å². The average molecular weight is 471 g/mol. The molecule has 2 aromatic carbocycles. The molecule has 1 N–H and O–H groups in total. The zero-order chi connectivity index (χ0) is 24.3. The van der Waals surface area contributed by atoms with Crippen LogP contribution in [0.3, 0.4) is 0 Å². The summed E-state index contributed by atoms with van der Waals surface area (Å²) in [7, 11) is 1.61. The van der Waals surface area contributed by atoms with Gasteiger partial charge in [-0.05, 0) is 67.6 Å². The number of halogens is 1. The molecule has 184 valence electrons. The van der Waals surface area contributed by atoms with Gasteiger partial charge < -0.3 is 19.7 Å². The van der Waals surface area contributed by atoms with Crippen molar-refractivity contribution in [1.29, 1.82) is 0 Å². The largest absolute Gasteiger partial charge is 0.497 e. The van der Waals surface area contributed by atoms with E-state index in [0.717, 1.165) is 37.0 Å². The summed E-state index contributed by atoms with van der Waals surface area (Å²) in [6, 6.07) is 13.0. The molecule has 1 atom stereocenters. The Morgan fingerprint density at radius 1 is 1.06 bits per heavy atom. The topological polar surface area (TPSA) is 67.9 Å². The van der Waals surface area contributed by atoms with Gasteiger partial charge >= 0.3 is 0 Å². The molecule has 34 heavy (non-hydrogen) atoms. The molecule has 2 amide bonds. The Bertz CT molecular complexity index is 911. The molecule has 0 aliphatic heterocycles. The molecule has 0 spiro atoms. The number of hydrogen-bond donors (Lipinski definition) is 1. The third kappa shape index (κ3) is 7.47. The summed E-state index contributed by atoms with van der Waals surface area (Å²) in [5, 5.41) is 3.13. The fraction of sp³-hybridized carbons (Fsp3) is 0.481. The average Bonchev–Trinajstić information content (AvgIpc) is 3.36. The highest BCUT2D eigenvalue weighted by Gasteiger charge is 2.30. The van der Waals surface area contributed by atoms with Crippen molar-refractivity contribution in [3.8, 4) is 11.5 Å². The molecule has 0 saturated heterocycles. The van der Waals surface area contributed by atoms with Crippen molar-refractivity contribution in [3.63, 3.8) is 0 Å². The molecule has 1 aliphatic rings. The van der Waals surface area contributed by atoms with Gasteiger partial charge in [0.2, 0.25) is 11.8 Å². The molecular weight excluding hydrogens is 435 g/mol. The molecule has 6 nitrogen and oxygen atoms in total. The van der Waals surface area contributed by atoms with Crippen LogP contribution in [0, 0.1) is 5.82 Å². The number of carbonyl (C=O) groups is 2. The first-order valence-electron chi connectivity index (χ1n) is 12.1. The minimum absolute atomic E-state index is 0.112. The Morgan fingerprint density at radius 2 is 1.71 bits per heavy atom. The van der Waals surface area contributed by atoms with Crippen molar-refractivity contribution in [3.05, 3.63) is 59.9 Å². The van der Waals surface area contributed by atoms with Crippen LogP contribution in [0.1, 0.15) is 57.4 Å². The lowest BCUT2D eigenvalue weighted by Gasteiger charge is -2.31. The molecule has 0 bridgehead atoms. The van der Waals surface area contributed by atoms with Crippen molar-refractivity contribution in [2.45, 2.75) is 70.5 Å². The molecule has 1 fully saturated rings. The second-order valence-corrected chi connectivity index (χ2v) is 8.69. The van der Waals surface area contributed by atoms with E-state index in [9.17, 15) is 14.0 Å². The van der Waals surface area contributed by atoms with Gasteiger partial charge in [0, 0.05) is 19.0 Å². The van der Waals surface area contributed by atoms with E-state index in [0.29, 0.717) is 25.2 Å². The molecule has 0 radical (unpaired) electrons. The van der Waals surface area contributed by atoms with Crippen LogP contribution >= 0.6 is 0 Å². The van der Waals surface area contributed by atoms with Gasteiger partial charge in [-0.3, -0.25) is 9.59 Å². The molecule has 1 aliphatic carbocycles. The number of benzene rings is 2. The normalized spacial score (nSPS) is 14.4. The molecule has 0 aromatic heterocycles. The summed E-state index contributed by atoms with van der Waals surface area (Å²) in [5.41, 5.74) is 0.788. The third-order valence-electron chi connectivity index (χ3n) is 6.22. The van der Waals surface area contributed by atoms with Crippen LogP contribution in [0.15, 0.2) is 48.5 Å². The summed E-state index contributed by atoms with van der Waals surface area (Å²) >= 11 is 0. The summed E-state index contributed by atoms with van der Waals surface area (Å²) < 4.78 is 24.3. The molecular formula is C27H35FN2O4. The van der Waals surface area contributed by atoms with Crippen LogP contribution < -0.4 is 14.8 Å². The molecule has 1 saturated carbocycles. The van der Waals surface area contributed by atoms with Crippen LogP contribution in [-0.2, 0) is 16.1 Å². The summed E-state index contributed by atoms with van der Waals surface area (Å²) in [6.07, 6.45) is 5.49. The van der Waals surface area contributed by atoms with Crippen LogP contribution in [0.4, 0.5) is 4.39 Å². The van der Waals surface area contributed by atoms with Gasteiger partial charge in [-0.25, -0.2) is 4.39 Å². The molecule has 7 heteroatoms. The lowest BCUT2D eigenvalue weighted by atomic mass is 10.1. The molecule has 0 heterocycles. The van der Waals surface area contributed by atoms with Gasteiger partial charge in [0.25, 0.3) is 0 Å². The number of hydrogen-bond acceptors (Lipinski definition) is 4. The maximum absolute atomic E-state index is 13.4. The number of carbonyl (C=O) groups excluding carboxylic acids is 2. The first-order valence-corrected chi connectivity index (χ1v) is 12.1. The number of methoxy groups -OCH3 is 1. The van der Waals surface area contributed by atoms with Crippen molar-refractivity contribution in [1.82, 2.24) is 10.2 Å². The molecule has 2 aromatic rings. The lowest BCUT2D eigenvalue weighted by molar-refractivity contribution is -0.141. The maximum Gasteiger partial charge on any atom is 0.243 e. The number of ether oxygens (including phenoxy) is 2. The Labute approximate surface area is 201 Å². The van der Waals surface area contributed by atoms with Gasteiger partial charge in [0.15, 0.2) is 0 Å². The quantitative estimate of drug-likeness (QED) is 0.450. The zero-order valence-corrected chi connectivity index (χ0v) is 20.1. The van der Waals surface area contributed by atoms with Crippen LogP contribution in [-0.4, -0.2) is 42.5 Å². The highest BCUT2D eigenvalue weighted by Crippen LogP contribution is 2.20. The minimum atomic E-state index is -0.569. The Kier molecular flexibility index (Phi) is 9.74. The predicted octanol–water partition coefficient (Wildman–Crippen LogP) is 4.86. The number of nitrogens with one attached hydrogen (secondary N) is 1. The SMILES string of the molecule is CC[C@@H](C(=O)NC1CCCC1)N(Cc1ccc(F)cc1)C(=O)CCCOc1ccc(OC)cc1. The van der Waals surface area contributed by atoms with Gasteiger partial charge in [-0.1, -0.05) is 31.9 Å². The standard InChI is InChI=1S/C27H35FN2O4/c1-3-25(27(32)29-22-7-4-5-8-22)30(19-20-10-12-21(28)13-11-20)26(31)9-6-18-34-24-16-14-23(33-2)15-17-24/h10-17,22,25H,3-9,18-19H2,1-2H3,(H,29,32)/t25-/m0/s1. The first-order chi connectivity index (χ1) is 16.5. The first kappa shape index (κ1) is 25.5. The maximum atomic E-state index is 13.4. The van der Waals surface area contributed by atoms with Gasteiger partial charge in [-0.15, -0.1) is 0 Å². The second kappa shape index (κ2) is 13.0. The van der Waals surface area contributed by atoms with Gasteiger partial charge in [-0.2, -0.15) is 0 Å². The van der Waals surface area contributed by atoms with E-state index in [1.165, 1.54) is 12.1 Å². The Morgan fingerprint density at radius 3 is 2.32 bits per heavy atom. The Hall–Kier alpha value is -3.09. The van der Waals surface area contributed by atoms with Crippen LogP contribution in [0.2, 0.25) is 0 Å². The lowest BCUT2D eigenvalue weighted by Crippen LogP contribution is -2.50. The van der Waals surface area contributed by atoms with Crippen molar-refractivity contribution < 1.29 is 23.5 Å². The smallest absolute Gasteiger partial charge is 0.243 e. The zero-order valence-electron chi connectivity index (χ0n) is 20.1. The number of amides is 2. The van der Waals surface area contributed by atoms with E-state index in [2.05, 4.69) is 5.32 Å². The van der Waals surface area contributed by atoms with Gasteiger partial charge in [0.1, 0.15) is 23.4 Å². The van der Waals surface area contributed by atoms with E-state index in [-0.39, 0.29) is 36.6 Å². The summed E-state index contributed by atoms with van der Waals surface area (Å²) in [5.74, 6) is 0.901. The van der Waals surface area contributed by atoms with Crippen LogP contribution in [0.5, 0.6) is 11.5 Å². The molecule has 3 rings (SSSR count). The predicted molar refractivity (Wildman–Crippen MR) is 129 cm³/mol. The van der Waals surface area contributed by atoms with Crippen LogP contribution in [0.25, 0.3) is 0 Å². The number of rotatable bonds is 12. The highest BCUT2D eigenvalue weighted by atomic mass is 19.1. The Balaban J connectivity index is 1.62. The monoisotopic (exact) mass is 470 g/mol.